The summed E-state index contributed by atoms with van der Waals surface area (Å²) in [6.45, 7) is 2.41. The lowest BCUT2D eigenvalue weighted by Gasteiger charge is -2.09. The van der Waals surface area contributed by atoms with Gasteiger partial charge in [-0.25, -0.2) is 9.97 Å². The second-order valence-corrected chi connectivity index (χ2v) is 5.38. The highest BCUT2D eigenvalue weighted by Crippen LogP contribution is 2.14. The Morgan fingerprint density at radius 1 is 1.41 bits per heavy atom. The highest BCUT2D eigenvalue weighted by Gasteiger charge is 2.13. The molecule has 1 amide bonds. The smallest absolute Gasteiger partial charge is 0.254 e. The maximum absolute atomic E-state index is 12.3. The molecule has 0 saturated heterocycles. The van der Waals surface area contributed by atoms with E-state index in [2.05, 4.69) is 15.3 Å². The van der Waals surface area contributed by atoms with E-state index < -0.39 is 0 Å². The van der Waals surface area contributed by atoms with Crippen molar-refractivity contribution in [2.45, 2.75) is 25.0 Å². The van der Waals surface area contributed by atoms with Crippen molar-refractivity contribution in [2.24, 2.45) is 0 Å². The number of nitrogens with zero attached hydrogens (tertiary/aromatic N) is 2. The molecule has 0 atom stereocenters. The number of amides is 1. The van der Waals surface area contributed by atoms with Gasteiger partial charge >= 0.3 is 0 Å². The molecule has 1 N–H and O–H groups in total. The van der Waals surface area contributed by atoms with Gasteiger partial charge in [-0.1, -0.05) is 30.8 Å². The molecule has 0 radical (unpaired) electrons. The molecule has 22 heavy (non-hydrogen) atoms. The maximum atomic E-state index is 12.3. The molecule has 1 aromatic heterocycles. The molecule has 0 aliphatic heterocycles. The minimum absolute atomic E-state index is 0.160. The lowest BCUT2D eigenvalue weighted by molar-refractivity contribution is 0.0949. The van der Waals surface area contributed by atoms with E-state index in [1.54, 1.807) is 13.3 Å². The van der Waals surface area contributed by atoms with Gasteiger partial charge in [-0.15, -0.1) is 0 Å². The first-order valence-electron chi connectivity index (χ1n) is 6.99. The summed E-state index contributed by atoms with van der Waals surface area (Å²) in [5.74, 6) is 0.612. The van der Waals surface area contributed by atoms with Crippen molar-refractivity contribution in [1.29, 1.82) is 0 Å². The zero-order chi connectivity index (χ0) is 15.9. The average Bonchev–Trinajstić information content (AvgIpc) is 2.59. The molecule has 1 heterocycles. The third-order valence-corrected chi connectivity index (χ3v) is 3.76. The van der Waals surface area contributed by atoms with Gasteiger partial charge in [-0.3, -0.25) is 4.79 Å². The zero-order valence-corrected chi connectivity index (χ0v) is 13.7. The van der Waals surface area contributed by atoms with Gasteiger partial charge in [-0.2, -0.15) is 0 Å². The van der Waals surface area contributed by atoms with Crippen molar-refractivity contribution in [3.63, 3.8) is 0 Å². The molecule has 2 rings (SSSR count). The number of nitrogens with one attached hydrogen (secondary N) is 1. The van der Waals surface area contributed by atoms with E-state index >= 15 is 0 Å². The van der Waals surface area contributed by atoms with Crippen LogP contribution in [0.15, 0.2) is 35.6 Å². The molecule has 5 nitrogen and oxygen atoms in total. The molecule has 1 aromatic carbocycles. The predicted molar refractivity (Wildman–Crippen MR) is 87.4 cm³/mol. The van der Waals surface area contributed by atoms with Gasteiger partial charge in [0, 0.05) is 12.7 Å². The SMILES string of the molecule is CCc1nc(SC)ncc1C(=O)NCc1cccc(OC)c1. The van der Waals surface area contributed by atoms with Crippen LogP contribution in [-0.4, -0.2) is 29.2 Å². The summed E-state index contributed by atoms with van der Waals surface area (Å²) in [5, 5.41) is 3.58. The first-order valence-corrected chi connectivity index (χ1v) is 8.21. The molecule has 0 aliphatic rings. The number of rotatable bonds is 6. The summed E-state index contributed by atoms with van der Waals surface area (Å²) >= 11 is 1.47. The summed E-state index contributed by atoms with van der Waals surface area (Å²) in [6, 6.07) is 7.61. The Kier molecular flexibility index (Phi) is 5.77. The lowest BCUT2D eigenvalue weighted by atomic mass is 10.1. The largest absolute Gasteiger partial charge is 0.497 e. The topological polar surface area (TPSA) is 64.1 Å². The minimum Gasteiger partial charge on any atom is -0.497 e. The van der Waals surface area contributed by atoms with E-state index in [9.17, 15) is 4.79 Å². The normalized spacial score (nSPS) is 10.3. The maximum Gasteiger partial charge on any atom is 0.254 e. The molecule has 0 bridgehead atoms. The van der Waals surface area contributed by atoms with Crippen molar-refractivity contribution >= 4 is 17.7 Å². The van der Waals surface area contributed by atoms with Crippen LogP contribution < -0.4 is 10.1 Å². The Hall–Kier alpha value is -2.08. The van der Waals surface area contributed by atoms with E-state index in [-0.39, 0.29) is 5.91 Å². The zero-order valence-electron chi connectivity index (χ0n) is 12.9. The molecule has 116 valence electrons. The van der Waals surface area contributed by atoms with E-state index in [1.807, 2.05) is 37.4 Å². The third kappa shape index (κ3) is 3.98. The summed E-state index contributed by atoms with van der Waals surface area (Å²) in [6.07, 6.45) is 4.20. The van der Waals surface area contributed by atoms with Crippen LogP contribution in [0.25, 0.3) is 0 Å². The van der Waals surface area contributed by atoms with Crippen molar-refractivity contribution in [3.05, 3.63) is 47.3 Å². The minimum atomic E-state index is -0.160. The quantitative estimate of drug-likeness (QED) is 0.655. The highest BCUT2D eigenvalue weighted by atomic mass is 32.2. The number of ether oxygens (including phenoxy) is 1. The number of thioether (sulfide) groups is 1. The number of benzene rings is 1. The number of methoxy groups -OCH3 is 1. The van der Waals surface area contributed by atoms with Crippen molar-refractivity contribution < 1.29 is 9.53 Å². The number of hydrogen-bond donors (Lipinski definition) is 1. The van der Waals surface area contributed by atoms with Crippen LogP contribution in [0.4, 0.5) is 0 Å². The van der Waals surface area contributed by atoms with E-state index in [1.165, 1.54) is 11.8 Å². The second-order valence-electron chi connectivity index (χ2n) is 4.60. The molecule has 0 saturated carbocycles. The number of aromatic nitrogens is 2. The Morgan fingerprint density at radius 3 is 2.91 bits per heavy atom. The summed E-state index contributed by atoms with van der Waals surface area (Å²) in [7, 11) is 1.62. The van der Waals surface area contributed by atoms with E-state index in [4.69, 9.17) is 4.74 Å². The van der Waals surface area contributed by atoms with E-state index in [0.29, 0.717) is 23.7 Å². The molecule has 0 unspecified atom stereocenters. The number of aryl methyl sites for hydroxylation is 1. The lowest BCUT2D eigenvalue weighted by Crippen LogP contribution is -2.24. The molecule has 0 aliphatic carbocycles. The van der Waals surface area contributed by atoms with Gasteiger partial charge in [-0.05, 0) is 30.4 Å². The number of carbonyl (C=O) groups is 1. The second kappa shape index (κ2) is 7.79. The fraction of sp³-hybridized carbons (Fsp3) is 0.312. The van der Waals surface area contributed by atoms with Crippen LogP contribution in [0.5, 0.6) is 5.75 Å². The third-order valence-electron chi connectivity index (χ3n) is 3.19. The van der Waals surface area contributed by atoms with Crippen LogP contribution in [-0.2, 0) is 13.0 Å². The van der Waals surface area contributed by atoms with Crippen molar-refractivity contribution in [3.8, 4) is 5.75 Å². The Labute approximate surface area is 134 Å². The Balaban J connectivity index is 2.08. The van der Waals surface area contributed by atoms with Gasteiger partial charge in [0.15, 0.2) is 5.16 Å². The first kappa shape index (κ1) is 16.3. The Bertz CT molecular complexity index is 662. The summed E-state index contributed by atoms with van der Waals surface area (Å²) in [5.41, 5.74) is 2.28. The molecule has 6 heteroatoms. The van der Waals surface area contributed by atoms with Crippen molar-refractivity contribution in [1.82, 2.24) is 15.3 Å². The molecule has 2 aromatic rings. The van der Waals surface area contributed by atoms with Crippen LogP contribution in [0.2, 0.25) is 0 Å². The van der Waals surface area contributed by atoms with Gasteiger partial charge in [0.25, 0.3) is 5.91 Å². The number of carbonyl (C=O) groups excluding carboxylic acids is 1. The summed E-state index contributed by atoms with van der Waals surface area (Å²) in [4.78, 5) is 20.9. The molecular formula is C16H19N3O2S. The van der Waals surface area contributed by atoms with Crippen LogP contribution in [0, 0.1) is 0 Å². The van der Waals surface area contributed by atoms with Gasteiger partial charge in [0.2, 0.25) is 0 Å². The van der Waals surface area contributed by atoms with Gasteiger partial charge in [0.1, 0.15) is 5.75 Å². The fourth-order valence-electron chi connectivity index (χ4n) is 2.02. The highest BCUT2D eigenvalue weighted by molar-refractivity contribution is 7.98. The van der Waals surface area contributed by atoms with Crippen molar-refractivity contribution in [2.75, 3.05) is 13.4 Å². The average molecular weight is 317 g/mol. The predicted octanol–water partition coefficient (Wildman–Crippen LogP) is 2.70. The summed E-state index contributed by atoms with van der Waals surface area (Å²) < 4.78 is 5.17. The van der Waals surface area contributed by atoms with Crippen LogP contribution in [0.3, 0.4) is 0 Å². The van der Waals surface area contributed by atoms with Gasteiger partial charge in [0.05, 0.1) is 18.4 Å². The molecule has 0 fully saturated rings. The number of hydrogen-bond acceptors (Lipinski definition) is 5. The van der Waals surface area contributed by atoms with Crippen LogP contribution in [0.1, 0.15) is 28.5 Å². The standard InChI is InChI=1S/C16H19N3O2S/c1-4-14-13(10-18-16(19-14)22-3)15(20)17-9-11-6-5-7-12(8-11)21-2/h5-8,10H,4,9H2,1-3H3,(H,17,20). The van der Waals surface area contributed by atoms with E-state index in [0.717, 1.165) is 17.0 Å². The first-order chi connectivity index (χ1) is 10.7. The Morgan fingerprint density at radius 2 is 2.23 bits per heavy atom. The molecular weight excluding hydrogens is 298 g/mol. The fourth-order valence-corrected chi connectivity index (χ4v) is 2.38. The molecule has 0 spiro atoms. The van der Waals surface area contributed by atoms with Gasteiger partial charge < -0.3 is 10.1 Å². The van der Waals surface area contributed by atoms with Crippen LogP contribution >= 0.6 is 11.8 Å². The monoisotopic (exact) mass is 317 g/mol.